The normalized spacial score (nSPS) is 20.9. The molecule has 1 saturated heterocycles. The molecule has 116 valence electrons. The number of likely N-dealkylation sites (tertiary alicyclic amines) is 1. The molecule has 2 atom stereocenters. The maximum Gasteiger partial charge on any atom is 0.410 e. The SMILES string of the molecule is CC(C)(C)OC(=O)N1CC[C@@H](CC(=O)C(Br)CCCl)C1. The van der Waals surface area contributed by atoms with E-state index in [1.807, 2.05) is 20.8 Å². The molecule has 6 heteroatoms. The highest BCUT2D eigenvalue weighted by molar-refractivity contribution is 9.10. The molecule has 0 aromatic rings. The Morgan fingerprint density at radius 3 is 2.65 bits per heavy atom. The highest BCUT2D eigenvalue weighted by Crippen LogP contribution is 2.24. The van der Waals surface area contributed by atoms with Gasteiger partial charge in [0.25, 0.3) is 0 Å². The van der Waals surface area contributed by atoms with Crippen LogP contribution in [0, 0.1) is 5.92 Å². The third kappa shape index (κ3) is 6.00. The van der Waals surface area contributed by atoms with Crippen molar-refractivity contribution in [2.24, 2.45) is 5.92 Å². The van der Waals surface area contributed by atoms with Gasteiger partial charge in [-0.2, -0.15) is 0 Å². The number of nitrogens with zero attached hydrogens (tertiary/aromatic N) is 1. The van der Waals surface area contributed by atoms with Crippen molar-refractivity contribution in [3.63, 3.8) is 0 Å². The van der Waals surface area contributed by atoms with Crippen LogP contribution in [0.2, 0.25) is 0 Å². The van der Waals surface area contributed by atoms with Gasteiger partial charge in [-0.05, 0) is 39.5 Å². The Labute approximate surface area is 134 Å². The van der Waals surface area contributed by atoms with Crippen molar-refractivity contribution < 1.29 is 14.3 Å². The van der Waals surface area contributed by atoms with Gasteiger partial charge in [0.05, 0.1) is 4.83 Å². The quantitative estimate of drug-likeness (QED) is 0.697. The summed E-state index contributed by atoms with van der Waals surface area (Å²) in [5.41, 5.74) is -0.480. The third-order valence-electron chi connectivity index (χ3n) is 3.14. The molecule has 1 aliphatic rings. The predicted molar refractivity (Wildman–Crippen MR) is 83.6 cm³/mol. The number of carbonyl (C=O) groups excluding carboxylic acids is 2. The Morgan fingerprint density at radius 1 is 1.45 bits per heavy atom. The van der Waals surface area contributed by atoms with E-state index in [0.717, 1.165) is 6.42 Å². The molecule has 0 aliphatic carbocycles. The van der Waals surface area contributed by atoms with Gasteiger partial charge in [-0.1, -0.05) is 15.9 Å². The molecule has 1 rings (SSSR count). The molecule has 0 saturated carbocycles. The average Bonchev–Trinajstić information content (AvgIpc) is 2.75. The van der Waals surface area contributed by atoms with E-state index in [-0.39, 0.29) is 22.6 Å². The van der Waals surface area contributed by atoms with Crippen molar-refractivity contribution in [1.29, 1.82) is 0 Å². The Bertz CT molecular complexity index is 357. The first-order valence-electron chi connectivity index (χ1n) is 6.93. The fourth-order valence-electron chi connectivity index (χ4n) is 2.16. The van der Waals surface area contributed by atoms with Gasteiger partial charge in [0, 0.05) is 25.4 Å². The number of Topliss-reactive ketones (excluding diaryl/α,β-unsaturated/α-hetero) is 1. The van der Waals surface area contributed by atoms with Crippen LogP contribution in [0.4, 0.5) is 4.79 Å². The second kappa shape index (κ2) is 7.64. The van der Waals surface area contributed by atoms with Gasteiger partial charge in [0.15, 0.2) is 0 Å². The molecule has 0 aromatic carbocycles. The summed E-state index contributed by atoms with van der Waals surface area (Å²) in [4.78, 5) is 25.4. The van der Waals surface area contributed by atoms with Gasteiger partial charge in [0.1, 0.15) is 11.4 Å². The Kier molecular flexibility index (Phi) is 6.79. The third-order valence-corrected chi connectivity index (χ3v) is 4.33. The second-order valence-corrected chi connectivity index (χ2v) is 7.68. The van der Waals surface area contributed by atoms with E-state index in [4.69, 9.17) is 16.3 Å². The minimum Gasteiger partial charge on any atom is -0.444 e. The summed E-state index contributed by atoms with van der Waals surface area (Å²) in [6, 6.07) is 0. The zero-order valence-corrected chi connectivity index (χ0v) is 14.7. The zero-order valence-electron chi connectivity index (χ0n) is 12.3. The summed E-state index contributed by atoms with van der Waals surface area (Å²) in [6.45, 7) is 6.81. The number of hydrogen-bond donors (Lipinski definition) is 0. The molecule has 1 unspecified atom stereocenters. The van der Waals surface area contributed by atoms with E-state index >= 15 is 0 Å². The molecule has 20 heavy (non-hydrogen) atoms. The highest BCUT2D eigenvalue weighted by Gasteiger charge is 2.31. The van der Waals surface area contributed by atoms with Crippen LogP contribution in [0.5, 0.6) is 0 Å². The van der Waals surface area contributed by atoms with Crippen LogP contribution in [0.25, 0.3) is 0 Å². The van der Waals surface area contributed by atoms with Crippen LogP contribution in [-0.4, -0.2) is 46.2 Å². The lowest BCUT2D eigenvalue weighted by Gasteiger charge is -2.24. The first-order chi connectivity index (χ1) is 9.23. The lowest BCUT2D eigenvalue weighted by Crippen LogP contribution is -2.35. The van der Waals surface area contributed by atoms with Gasteiger partial charge in [-0.25, -0.2) is 4.79 Å². The number of alkyl halides is 2. The number of halogens is 2. The van der Waals surface area contributed by atoms with Crippen LogP contribution in [0.1, 0.15) is 40.0 Å². The lowest BCUT2D eigenvalue weighted by molar-refractivity contribution is -0.119. The van der Waals surface area contributed by atoms with Crippen LogP contribution >= 0.6 is 27.5 Å². The van der Waals surface area contributed by atoms with E-state index in [1.54, 1.807) is 4.90 Å². The molecular weight excluding hydrogens is 346 g/mol. The van der Waals surface area contributed by atoms with Crippen molar-refractivity contribution >= 4 is 39.4 Å². The monoisotopic (exact) mass is 367 g/mol. The standard InChI is InChI=1S/C14H23BrClNO3/c1-14(2,3)20-13(19)17-7-5-10(9-17)8-12(18)11(15)4-6-16/h10-11H,4-9H2,1-3H3/t10-,11?/m0/s1. The molecule has 0 bridgehead atoms. The molecule has 0 N–H and O–H groups in total. The second-order valence-electron chi connectivity index (χ2n) is 6.20. The van der Waals surface area contributed by atoms with Crippen LogP contribution in [0.15, 0.2) is 0 Å². The molecule has 1 amide bonds. The fourth-order valence-corrected chi connectivity index (χ4v) is 3.06. The number of ketones is 1. The number of carbonyl (C=O) groups is 2. The average molecular weight is 369 g/mol. The molecular formula is C14H23BrClNO3. The van der Waals surface area contributed by atoms with Crippen molar-refractivity contribution in [2.45, 2.75) is 50.5 Å². The number of amides is 1. The summed E-state index contributed by atoms with van der Waals surface area (Å²) >= 11 is 8.99. The molecule has 0 spiro atoms. The summed E-state index contributed by atoms with van der Waals surface area (Å²) in [5, 5.41) is 0. The van der Waals surface area contributed by atoms with Crippen molar-refractivity contribution in [3.05, 3.63) is 0 Å². The summed E-state index contributed by atoms with van der Waals surface area (Å²) in [7, 11) is 0. The van der Waals surface area contributed by atoms with E-state index in [9.17, 15) is 9.59 Å². The molecule has 1 heterocycles. The van der Waals surface area contributed by atoms with E-state index in [0.29, 0.717) is 31.8 Å². The number of ether oxygens (including phenoxy) is 1. The summed E-state index contributed by atoms with van der Waals surface area (Å²) in [6.07, 6.45) is 1.70. The Balaban J connectivity index is 2.40. The van der Waals surface area contributed by atoms with Crippen molar-refractivity contribution in [1.82, 2.24) is 4.90 Å². The maximum atomic E-state index is 12.0. The Morgan fingerprint density at radius 2 is 2.10 bits per heavy atom. The first kappa shape index (κ1) is 17.8. The molecule has 0 aromatic heterocycles. The number of hydrogen-bond acceptors (Lipinski definition) is 3. The van der Waals surface area contributed by atoms with E-state index < -0.39 is 5.60 Å². The largest absolute Gasteiger partial charge is 0.444 e. The highest BCUT2D eigenvalue weighted by atomic mass is 79.9. The smallest absolute Gasteiger partial charge is 0.410 e. The van der Waals surface area contributed by atoms with Crippen LogP contribution < -0.4 is 0 Å². The fraction of sp³-hybridized carbons (Fsp3) is 0.857. The minimum absolute atomic E-state index is 0.168. The van der Waals surface area contributed by atoms with Crippen LogP contribution in [-0.2, 0) is 9.53 Å². The molecule has 1 fully saturated rings. The van der Waals surface area contributed by atoms with Crippen LogP contribution in [0.3, 0.4) is 0 Å². The van der Waals surface area contributed by atoms with Gasteiger partial charge < -0.3 is 9.64 Å². The van der Waals surface area contributed by atoms with Crippen molar-refractivity contribution in [2.75, 3.05) is 19.0 Å². The predicted octanol–water partition coefficient (Wildman–Crippen LogP) is 3.60. The number of rotatable bonds is 5. The topological polar surface area (TPSA) is 46.6 Å². The van der Waals surface area contributed by atoms with Gasteiger partial charge in [-0.3, -0.25) is 4.79 Å². The molecule has 0 radical (unpaired) electrons. The summed E-state index contributed by atoms with van der Waals surface area (Å²) < 4.78 is 5.34. The first-order valence-corrected chi connectivity index (χ1v) is 8.38. The zero-order chi connectivity index (χ0) is 15.3. The van der Waals surface area contributed by atoms with Gasteiger partial charge >= 0.3 is 6.09 Å². The van der Waals surface area contributed by atoms with Crippen molar-refractivity contribution in [3.8, 4) is 0 Å². The lowest BCUT2D eigenvalue weighted by atomic mass is 10.00. The maximum absolute atomic E-state index is 12.0. The minimum atomic E-state index is -0.480. The van der Waals surface area contributed by atoms with Gasteiger partial charge in [0.2, 0.25) is 0 Å². The molecule has 4 nitrogen and oxygen atoms in total. The van der Waals surface area contributed by atoms with Gasteiger partial charge in [-0.15, -0.1) is 11.6 Å². The van der Waals surface area contributed by atoms with E-state index in [1.165, 1.54) is 0 Å². The molecule has 1 aliphatic heterocycles. The van der Waals surface area contributed by atoms with E-state index in [2.05, 4.69) is 15.9 Å². The summed E-state index contributed by atoms with van der Waals surface area (Å²) in [5.74, 6) is 0.864. The Hall–Kier alpha value is -0.290.